The minimum atomic E-state index is 0.983. The van der Waals surface area contributed by atoms with Gasteiger partial charge in [0.2, 0.25) is 0 Å². The maximum absolute atomic E-state index is 3.62. The SMILES string of the molecule is Cc1cc(NCCCCCCSc2ccc3c(c2)N(C)CN3C)ccc1N1CCNCC1. The summed E-state index contributed by atoms with van der Waals surface area (Å²) in [7, 11) is 4.33. The molecule has 4 rings (SSSR count). The first kappa shape index (κ1) is 23.1. The standard InChI is InChI=1S/C26H39N5S/c1-21-18-22(8-10-24(21)31-15-13-27-14-16-31)28-12-6-4-5-7-17-32-23-9-11-25-26(19-23)30(3)20-29(25)2/h8-11,18-19,27-28H,4-7,12-17,20H2,1-3H3. The number of unbranched alkanes of at least 4 members (excludes halogenated alkanes) is 3. The van der Waals surface area contributed by atoms with Gasteiger partial charge >= 0.3 is 0 Å². The van der Waals surface area contributed by atoms with Gasteiger partial charge < -0.3 is 25.3 Å². The molecular formula is C26H39N5S. The predicted molar refractivity (Wildman–Crippen MR) is 142 cm³/mol. The summed E-state index contributed by atoms with van der Waals surface area (Å²) in [6.07, 6.45) is 5.13. The number of nitrogens with zero attached hydrogens (tertiary/aromatic N) is 3. The molecular weight excluding hydrogens is 414 g/mol. The summed E-state index contributed by atoms with van der Waals surface area (Å²) < 4.78 is 0. The molecule has 0 spiro atoms. The Kier molecular flexibility index (Phi) is 8.09. The molecule has 6 heteroatoms. The second kappa shape index (κ2) is 11.2. The summed E-state index contributed by atoms with van der Waals surface area (Å²) in [5.74, 6) is 1.21. The highest BCUT2D eigenvalue weighted by Gasteiger charge is 2.20. The molecule has 0 atom stereocenters. The quantitative estimate of drug-likeness (QED) is 0.389. The van der Waals surface area contributed by atoms with E-state index in [1.807, 2.05) is 11.8 Å². The average Bonchev–Trinajstić information content (AvgIpc) is 3.09. The van der Waals surface area contributed by atoms with E-state index in [1.54, 1.807) is 0 Å². The number of anilines is 4. The molecule has 1 saturated heterocycles. The molecule has 2 heterocycles. The number of aryl methyl sites for hydroxylation is 1. The molecule has 0 bridgehead atoms. The maximum Gasteiger partial charge on any atom is 0.0898 e. The molecule has 0 aliphatic carbocycles. The van der Waals surface area contributed by atoms with Gasteiger partial charge in [0, 0.05) is 63.1 Å². The second-order valence-electron chi connectivity index (χ2n) is 9.12. The van der Waals surface area contributed by atoms with Gasteiger partial charge in [0.1, 0.15) is 0 Å². The lowest BCUT2D eigenvalue weighted by Gasteiger charge is -2.31. The molecule has 174 valence electrons. The number of benzene rings is 2. The summed E-state index contributed by atoms with van der Waals surface area (Å²) in [4.78, 5) is 8.52. The first-order chi connectivity index (χ1) is 15.6. The van der Waals surface area contributed by atoms with Gasteiger partial charge in [-0.1, -0.05) is 12.8 Å². The Morgan fingerprint density at radius 2 is 1.62 bits per heavy atom. The van der Waals surface area contributed by atoms with E-state index in [0.29, 0.717) is 0 Å². The van der Waals surface area contributed by atoms with Crippen LogP contribution in [0, 0.1) is 6.92 Å². The molecule has 0 amide bonds. The zero-order valence-corrected chi connectivity index (χ0v) is 20.8. The molecule has 0 unspecified atom stereocenters. The number of nitrogens with one attached hydrogen (secondary N) is 2. The number of thioether (sulfide) groups is 1. The summed E-state index contributed by atoms with van der Waals surface area (Å²) >= 11 is 2.00. The van der Waals surface area contributed by atoms with Crippen molar-refractivity contribution < 1.29 is 0 Å². The minimum Gasteiger partial charge on any atom is -0.385 e. The molecule has 0 aromatic heterocycles. The smallest absolute Gasteiger partial charge is 0.0898 e. The van der Waals surface area contributed by atoms with E-state index >= 15 is 0 Å². The van der Waals surface area contributed by atoms with Crippen molar-refractivity contribution in [2.24, 2.45) is 0 Å². The zero-order chi connectivity index (χ0) is 22.3. The third-order valence-electron chi connectivity index (χ3n) is 6.52. The normalized spacial score (nSPS) is 15.9. The molecule has 5 nitrogen and oxygen atoms in total. The number of piperazine rings is 1. The predicted octanol–water partition coefficient (Wildman–Crippen LogP) is 5.01. The van der Waals surface area contributed by atoms with E-state index in [4.69, 9.17) is 0 Å². The Morgan fingerprint density at radius 3 is 2.44 bits per heavy atom. The maximum atomic E-state index is 3.62. The number of hydrogen-bond donors (Lipinski definition) is 2. The Balaban J connectivity index is 1.10. The van der Waals surface area contributed by atoms with Crippen molar-refractivity contribution in [3.8, 4) is 0 Å². The van der Waals surface area contributed by atoms with Crippen LogP contribution in [-0.4, -0.2) is 59.2 Å². The van der Waals surface area contributed by atoms with Gasteiger partial charge in [0.05, 0.1) is 18.0 Å². The summed E-state index contributed by atoms with van der Waals surface area (Å²) in [6.45, 7) is 8.65. The van der Waals surface area contributed by atoms with Crippen LogP contribution in [0.3, 0.4) is 0 Å². The Morgan fingerprint density at radius 1 is 0.875 bits per heavy atom. The van der Waals surface area contributed by atoms with Crippen LogP contribution in [-0.2, 0) is 0 Å². The highest BCUT2D eigenvalue weighted by atomic mass is 32.2. The van der Waals surface area contributed by atoms with Crippen LogP contribution in [0.25, 0.3) is 0 Å². The van der Waals surface area contributed by atoms with Gasteiger partial charge in [-0.2, -0.15) is 0 Å². The third kappa shape index (κ3) is 5.84. The minimum absolute atomic E-state index is 0.983. The van der Waals surface area contributed by atoms with Gasteiger partial charge in [-0.15, -0.1) is 11.8 Å². The van der Waals surface area contributed by atoms with Crippen molar-refractivity contribution in [1.29, 1.82) is 0 Å². The van der Waals surface area contributed by atoms with E-state index < -0.39 is 0 Å². The monoisotopic (exact) mass is 453 g/mol. The molecule has 2 aliphatic rings. The number of rotatable bonds is 10. The first-order valence-electron chi connectivity index (χ1n) is 12.1. The molecule has 0 saturated carbocycles. The second-order valence-corrected chi connectivity index (χ2v) is 10.3. The topological polar surface area (TPSA) is 33.8 Å². The van der Waals surface area contributed by atoms with E-state index in [2.05, 4.69) is 82.8 Å². The van der Waals surface area contributed by atoms with Gasteiger partial charge in [-0.3, -0.25) is 0 Å². The zero-order valence-electron chi connectivity index (χ0n) is 20.0. The van der Waals surface area contributed by atoms with Crippen molar-refractivity contribution in [2.75, 3.05) is 79.3 Å². The summed E-state index contributed by atoms with van der Waals surface area (Å²) in [5.41, 5.74) is 6.72. The largest absolute Gasteiger partial charge is 0.385 e. The van der Waals surface area contributed by atoms with Crippen molar-refractivity contribution >= 4 is 34.5 Å². The fourth-order valence-corrected chi connectivity index (χ4v) is 5.66. The van der Waals surface area contributed by atoms with Crippen LogP contribution in [0.5, 0.6) is 0 Å². The highest BCUT2D eigenvalue weighted by Crippen LogP contribution is 2.37. The van der Waals surface area contributed by atoms with E-state index in [-0.39, 0.29) is 0 Å². The fourth-order valence-electron chi connectivity index (χ4n) is 4.72. The molecule has 0 radical (unpaired) electrons. The molecule has 32 heavy (non-hydrogen) atoms. The van der Waals surface area contributed by atoms with Gasteiger partial charge in [-0.05, 0) is 67.5 Å². The van der Waals surface area contributed by atoms with E-state index in [1.165, 1.54) is 64.6 Å². The van der Waals surface area contributed by atoms with Gasteiger partial charge in [0.15, 0.2) is 0 Å². The summed E-state index contributed by atoms with van der Waals surface area (Å²) in [6, 6.07) is 13.7. The van der Waals surface area contributed by atoms with E-state index in [9.17, 15) is 0 Å². The van der Waals surface area contributed by atoms with Gasteiger partial charge in [-0.25, -0.2) is 0 Å². The van der Waals surface area contributed by atoms with Crippen molar-refractivity contribution in [1.82, 2.24) is 5.32 Å². The van der Waals surface area contributed by atoms with Crippen LogP contribution in [0.4, 0.5) is 22.7 Å². The third-order valence-corrected chi connectivity index (χ3v) is 7.60. The average molecular weight is 454 g/mol. The molecule has 2 aliphatic heterocycles. The van der Waals surface area contributed by atoms with Gasteiger partial charge in [0.25, 0.3) is 0 Å². The first-order valence-corrected chi connectivity index (χ1v) is 13.1. The molecule has 2 aromatic carbocycles. The summed E-state index contributed by atoms with van der Waals surface area (Å²) in [5, 5.41) is 7.05. The van der Waals surface area contributed by atoms with Crippen molar-refractivity contribution in [3.05, 3.63) is 42.0 Å². The molecule has 1 fully saturated rings. The van der Waals surface area contributed by atoms with Crippen LogP contribution in [0.2, 0.25) is 0 Å². The number of hydrogen-bond acceptors (Lipinski definition) is 6. The number of fused-ring (bicyclic) bond motifs is 1. The highest BCUT2D eigenvalue weighted by molar-refractivity contribution is 7.99. The molecule has 2 N–H and O–H groups in total. The lowest BCUT2D eigenvalue weighted by Crippen LogP contribution is -2.43. The lowest BCUT2D eigenvalue weighted by atomic mass is 10.1. The Labute approximate surface area is 198 Å². The Bertz CT molecular complexity index is 881. The van der Waals surface area contributed by atoms with Crippen LogP contribution < -0.4 is 25.3 Å². The van der Waals surface area contributed by atoms with Crippen LogP contribution in [0.15, 0.2) is 41.3 Å². The van der Waals surface area contributed by atoms with Crippen LogP contribution >= 0.6 is 11.8 Å². The fraction of sp³-hybridized carbons (Fsp3) is 0.538. The van der Waals surface area contributed by atoms with E-state index in [0.717, 1.165) is 39.4 Å². The molecule has 2 aromatic rings. The lowest BCUT2D eigenvalue weighted by molar-refractivity contribution is 0.588. The van der Waals surface area contributed by atoms with Crippen molar-refractivity contribution in [2.45, 2.75) is 37.5 Å². The Hall–Kier alpha value is -2.05. The van der Waals surface area contributed by atoms with Crippen LogP contribution in [0.1, 0.15) is 31.2 Å². The van der Waals surface area contributed by atoms with Crippen molar-refractivity contribution in [3.63, 3.8) is 0 Å².